The van der Waals surface area contributed by atoms with Crippen LogP contribution in [0.3, 0.4) is 0 Å². The Bertz CT molecular complexity index is 1680. The molecule has 0 aliphatic carbocycles. The van der Waals surface area contributed by atoms with Crippen molar-refractivity contribution in [3.63, 3.8) is 0 Å². The lowest BCUT2D eigenvalue weighted by molar-refractivity contribution is -0.137. The minimum absolute atomic E-state index is 0.0663. The van der Waals surface area contributed by atoms with Crippen LogP contribution < -0.4 is 4.74 Å². The predicted molar refractivity (Wildman–Crippen MR) is 153 cm³/mol. The number of halogens is 4. The van der Waals surface area contributed by atoms with Crippen molar-refractivity contribution in [2.45, 2.75) is 32.0 Å². The van der Waals surface area contributed by atoms with Crippen molar-refractivity contribution in [1.29, 1.82) is 0 Å². The third-order valence-corrected chi connectivity index (χ3v) is 7.02. The van der Waals surface area contributed by atoms with Crippen LogP contribution in [0.15, 0.2) is 97.2 Å². The summed E-state index contributed by atoms with van der Waals surface area (Å²) in [5, 5.41) is 9.88. The fraction of sp³-hybridized carbons (Fsp3) is 0.152. The summed E-state index contributed by atoms with van der Waals surface area (Å²) in [4.78, 5) is 15.1. The van der Waals surface area contributed by atoms with Crippen LogP contribution in [0, 0.1) is 0 Å². The van der Waals surface area contributed by atoms with Gasteiger partial charge in [0, 0.05) is 23.0 Å². The zero-order valence-electron chi connectivity index (χ0n) is 21.8. The minimum atomic E-state index is -4.55. The molecule has 0 aliphatic heterocycles. The first-order valence-electron chi connectivity index (χ1n) is 12.9. The maximum absolute atomic E-state index is 13.9. The molecule has 0 aliphatic rings. The molecule has 0 atom stereocenters. The summed E-state index contributed by atoms with van der Waals surface area (Å²) in [5.41, 5.74) is 4.02. The van der Waals surface area contributed by atoms with Crippen molar-refractivity contribution in [2.75, 3.05) is 0 Å². The predicted octanol–water partition coefficient (Wildman–Crippen LogP) is 8.76. The van der Waals surface area contributed by atoms with Gasteiger partial charge in [0.1, 0.15) is 12.4 Å². The molecule has 0 fully saturated rings. The van der Waals surface area contributed by atoms with Gasteiger partial charge >= 0.3 is 12.1 Å². The monoisotopic (exact) mass is 575 g/mol. The molecule has 1 aromatic heterocycles. The highest BCUT2D eigenvalue weighted by molar-refractivity contribution is 6.30. The van der Waals surface area contributed by atoms with E-state index in [0.29, 0.717) is 40.1 Å². The van der Waals surface area contributed by atoms with Crippen molar-refractivity contribution >= 4 is 28.5 Å². The Morgan fingerprint density at radius 1 is 0.878 bits per heavy atom. The van der Waals surface area contributed by atoms with Gasteiger partial charge < -0.3 is 9.84 Å². The fourth-order valence-corrected chi connectivity index (χ4v) is 4.88. The van der Waals surface area contributed by atoms with E-state index in [1.54, 1.807) is 24.3 Å². The number of aromatic nitrogens is 1. The minimum Gasteiger partial charge on any atom is -0.489 e. The van der Waals surface area contributed by atoms with Gasteiger partial charge in [0.25, 0.3) is 0 Å². The SMILES string of the molecule is O=C(O)CCc1ccc(COc2cccc(-c3c(Cc4ccc(Cl)cc4)cnc4c(C(F)(F)F)cccc34)c2)cc1. The van der Waals surface area contributed by atoms with Gasteiger partial charge in [-0.15, -0.1) is 0 Å². The summed E-state index contributed by atoms with van der Waals surface area (Å²) in [5.74, 6) is -0.281. The first-order chi connectivity index (χ1) is 19.7. The maximum Gasteiger partial charge on any atom is 0.418 e. The quantitative estimate of drug-likeness (QED) is 0.191. The number of carboxylic acids is 1. The van der Waals surface area contributed by atoms with Crippen molar-refractivity contribution < 1.29 is 27.8 Å². The van der Waals surface area contributed by atoms with Crippen LogP contribution in [0.5, 0.6) is 5.75 Å². The van der Waals surface area contributed by atoms with E-state index in [0.717, 1.165) is 28.3 Å². The molecule has 0 amide bonds. The zero-order chi connectivity index (χ0) is 29.0. The number of hydrogen-bond donors (Lipinski definition) is 1. The number of rotatable bonds is 9. The number of hydrogen-bond acceptors (Lipinski definition) is 3. The molecule has 0 unspecified atom stereocenters. The molecule has 5 aromatic rings. The van der Waals surface area contributed by atoms with Crippen LogP contribution in [0.25, 0.3) is 22.0 Å². The lowest BCUT2D eigenvalue weighted by Gasteiger charge is -2.17. The van der Waals surface area contributed by atoms with E-state index in [4.69, 9.17) is 21.4 Å². The first-order valence-corrected chi connectivity index (χ1v) is 13.3. The van der Waals surface area contributed by atoms with Gasteiger partial charge in [-0.25, -0.2) is 0 Å². The van der Waals surface area contributed by atoms with Crippen LogP contribution in [-0.2, 0) is 30.4 Å². The Labute approximate surface area is 240 Å². The Kier molecular flexibility index (Phi) is 8.26. The number of pyridine rings is 1. The van der Waals surface area contributed by atoms with Crippen molar-refractivity contribution in [3.8, 4) is 16.9 Å². The van der Waals surface area contributed by atoms with Crippen LogP contribution in [0.1, 0.15) is 34.2 Å². The Morgan fingerprint density at radius 2 is 1.56 bits per heavy atom. The van der Waals surface area contributed by atoms with E-state index in [9.17, 15) is 18.0 Å². The standard InChI is InChI=1S/C33H25ClF3NO3/c34-26-14-11-22(12-15-26)17-25-19-38-32-28(5-2-6-29(32)33(35,36)37)31(25)24-3-1-4-27(18-24)41-20-23-9-7-21(8-10-23)13-16-30(39)40/h1-12,14-15,18-19H,13,16-17,20H2,(H,39,40). The van der Waals surface area contributed by atoms with E-state index in [1.165, 1.54) is 12.3 Å². The summed E-state index contributed by atoms with van der Waals surface area (Å²) >= 11 is 6.05. The van der Waals surface area contributed by atoms with Crippen molar-refractivity contribution in [3.05, 3.63) is 130 Å². The van der Waals surface area contributed by atoms with Crippen molar-refractivity contribution in [1.82, 2.24) is 4.98 Å². The molecule has 1 N–H and O–H groups in total. The number of ether oxygens (including phenoxy) is 1. The number of aryl methyl sites for hydroxylation is 1. The van der Waals surface area contributed by atoms with Crippen LogP contribution in [0.4, 0.5) is 13.2 Å². The highest BCUT2D eigenvalue weighted by Crippen LogP contribution is 2.39. The number of benzene rings is 4. The van der Waals surface area contributed by atoms with Crippen LogP contribution >= 0.6 is 11.6 Å². The highest BCUT2D eigenvalue weighted by atomic mass is 35.5. The summed E-state index contributed by atoms with van der Waals surface area (Å²) in [6, 6.07) is 26.3. The molecule has 0 saturated carbocycles. The molecule has 4 nitrogen and oxygen atoms in total. The molecule has 1 heterocycles. The van der Waals surface area contributed by atoms with Crippen molar-refractivity contribution in [2.24, 2.45) is 0 Å². The number of nitrogens with zero attached hydrogens (tertiary/aromatic N) is 1. The smallest absolute Gasteiger partial charge is 0.418 e. The lowest BCUT2D eigenvalue weighted by atomic mass is 9.92. The average molecular weight is 576 g/mol. The van der Waals surface area contributed by atoms with Gasteiger partial charge in [-0.1, -0.05) is 72.3 Å². The molecular weight excluding hydrogens is 551 g/mol. The molecule has 8 heteroatoms. The van der Waals surface area contributed by atoms with Gasteiger partial charge in [-0.05, 0) is 76.6 Å². The van der Waals surface area contributed by atoms with E-state index in [1.807, 2.05) is 54.6 Å². The Morgan fingerprint density at radius 3 is 2.27 bits per heavy atom. The third-order valence-electron chi connectivity index (χ3n) is 6.77. The molecule has 0 radical (unpaired) electrons. The van der Waals surface area contributed by atoms with Gasteiger partial charge in [0.05, 0.1) is 11.1 Å². The molecule has 0 bridgehead atoms. The lowest BCUT2D eigenvalue weighted by Crippen LogP contribution is -2.07. The normalized spacial score (nSPS) is 11.5. The summed E-state index contributed by atoms with van der Waals surface area (Å²) in [7, 11) is 0. The fourth-order valence-electron chi connectivity index (χ4n) is 4.75. The molecule has 41 heavy (non-hydrogen) atoms. The third kappa shape index (κ3) is 6.87. The molecular formula is C33H25ClF3NO3. The number of carbonyl (C=O) groups is 1. The summed E-state index contributed by atoms with van der Waals surface area (Å²) in [6.07, 6.45) is -2.06. The molecule has 5 rings (SSSR count). The zero-order valence-corrected chi connectivity index (χ0v) is 22.5. The average Bonchev–Trinajstić information content (AvgIpc) is 2.96. The molecule has 4 aromatic carbocycles. The van der Waals surface area contributed by atoms with E-state index in [-0.39, 0.29) is 18.5 Å². The number of fused-ring (bicyclic) bond motifs is 1. The summed E-state index contributed by atoms with van der Waals surface area (Å²) in [6.45, 7) is 0.273. The topological polar surface area (TPSA) is 59.4 Å². The van der Waals surface area contributed by atoms with E-state index < -0.39 is 17.7 Å². The molecule has 208 valence electrons. The van der Waals surface area contributed by atoms with Gasteiger partial charge in [0.2, 0.25) is 0 Å². The van der Waals surface area contributed by atoms with Crippen LogP contribution in [0.2, 0.25) is 5.02 Å². The van der Waals surface area contributed by atoms with Gasteiger partial charge in [0.15, 0.2) is 0 Å². The number of carboxylic acid groups (broad SMARTS) is 1. The first kappa shape index (κ1) is 28.2. The second-order valence-corrected chi connectivity index (χ2v) is 10.1. The second kappa shape index (κ2) is 12.0. The Balaban J connectivity index is 1.49. The van der Waals surface area contributed by atoms with E-state index >= 15 is 0 Å². The number of aliphatic carboxylic acids is 1. The van der Waals surface area contributed by atoms with Gasteiger partial charge in [-0.2, -0.15) is 13.2 Å². The number of alkyl halides is 3. The second-order valence-electron chi connectivity index (χ2n) is 9.69. The van der Waals surface area contributed by atoms with Crippen LogP contribution in [-0.4, -0.2) is 16.1 Å². The summed E-state index contributed by atoms with van der Waals surface area (Å²) < 4.78 is 47.7. The molecule has 0 spiro atoms. The largest absolute Gasteiger partial charge is 0.489 e. The Hall–Kier alpha value is -4.36. The highest BCUT2D eigenvalue weighted by Gasteiger charge is 2.33. The molecule has 0 saturated heterocycles. The number of para-hydroxylation sites is 1. The van der Waals surface area contributed by atoms with Gasteiger partial charge in [-0.3, -0.25) is 9.78 Å². The van der Waals surface area contributed by atoms with E-state index in [2.05, 4.69) is 4.98 Å². The maximum atomic E-state index is 13.9.